The van der Waals surface area contributed by atoms with Gasteiger partial charge in [0.2, 0.25) is 0 Å². The highest BCUT2D eigenvalue weighted by Crippen LogP contribution is 2.37. The van der Waals surface area contributed by atoms with Crippen molar-refractivity contribution in [2.45, 2.75) is 39.2 Å². The van der Waals surface area contributed by atoms with Crippen molar-refractivity contribution in [1.29, 1.82) is 0 Å². The fourth-order valence-electron chi connectivity index (χ4n) is 4.46. The van der Waals surface area contributed by atoms with Crippen LogP contribution in [0, 0.1) is 5.41 Å². The van der Waals surface area contributed by atoms with Crippen LogP contribution >= 0.6 is 0 Å². The fraction of sp³-hybridized carbons (Fsp3) is 0.440. The second kappa shape index (κ2) is 10.1. The standard InChI is InChI=1S/C25H32N4O2/c1-2-31-19-25(13-12-20-6-4-3-5-7-20)14-16-29(17-15-25)18-21-8-10-22(11-9-21)23-26-24(30)28-27-23/h3-11H,2,12-19H2,1H3,(H2,26,27,28,30). The summed E-state index contributed by atoms with van der Waals surface area (Å²) in [5, 5.41) is 6.41. The maximum atomic E-state index is 11.2. The van der Waals surface area contributed by atoms with Crippen molar-refractivity contribution >= 4 is 0 Å². The van der Waals surface area contributed by atoms with Crippen molar-refractivity contribution < 1.29 is 4.74 Å². The molecule has 2 heterocycles. The molecule has 0 radical (unpaired) electrons. The predicted octanol–water partition coefficient (Wildman–Crippen LogP) is 4.02. The van der Waals surface area contributed by atoms with Gasteiger partial charge in [-0.3, -0.25) is 9.88 Å². The molecule has 1 aliphatic heterocycles. The number of piperidine rings is 1. The van der Waals surface area contributed by atoms with Gasteiger partial charge in [-0.15, -0.1) is 0 Å². The number of rotatable bonds is 9. The molecule has 2 N–H and O–H groups in total. The van der Waals surface area contributed by atoms with Gasteiger partial charge in [-0.2, -0.15) is 5.10 Å². The molecule has 164 valence electrons. The molecule has 0 bridgehead atoms. The molecule has 1 fully saturated rings. The van der Waals surface area contributed by atoms with Crippen molar-refractivity contribution in [2.24, 2.45) is 5.41 Å². The molecule has 6 nitrogen and oxygen atoms in total. The third kappa shape index (κ3) is 5.71. The van der Waals surface area contributed by atoms with E-state index in [1.54, 1.807) is 0 Å². The number of nitrogens with one attached hydrogen (secondary N) is 2. The highest BCUT2D eigenvalue weighted by atomic mass is 16.5. The molecule has 0 aliphatic carbocycles. The Labute approximate surface area is 183 Å². The lowest BCUT2D eigenvalue weighted by Gasteiger charge is -2.42. The highest BCUT2D eigenvalue weighted by Gasteiger charge is 2.34. The van der Waals surface area contributed by atoms with Gasteiger partial charge in [-0.05, 0) is 62.2 Å². The summed E-state index contributed by atoms with van der Waals surface area (Å²) < 4.78 is 5.92. The van der Waals surface area contributed by atoms with Crippen LogP contribution in [-0.2, 0) is 17.7 Å². The van der Waals surface area contributed by atoms with E-state index in [2.05, 4.69) is 69.5 Å². The van der Waals surface area contributed by atoms with Crippen molar-refractivity contribution in [2.75, 3.05) is 26.3 Å². The Morgan fingerprint density at radius 2 is 1.77 bits per heavy atom. The van der Waals surface area contributed by atoms with Crippen LogP contribution in [0.5, 0.6) is 0 Å². The summed E-state index contributed by atoms with van der Waals surface area (Å²) in [6.07, 6.45) is 4.64. The van der Waals surface area contributed by atoms with Crippen molar-refractivity contribution in [3.63, 3.8) is 0 Å². The summed E-state index contributed by atoms with van der Waals surface area (Å²) in [7, 11) is 0. The molecule has 3 aromatic rings. The van der Waals surface area contributed by atoms with Crippen molar-refractivity contribution in [3.8, 4) is 11.4 Å². The summed E-state index contributed by atoms with van der Waals surface area (Å²) >= 11 is 0. The van der Waals surface area contributed by atoms with Crippen molar-refractivity contribution in [3.05, 3.63) is 76.2 Å². The molecular weight excluding hydrogens is 388 g/mol. The zero-order valence-electron chi connectivity index (χ0n) is 18.3. The van der Waals surface area contributed by atoms with Gasteiger partial charge in [0.1, 0.15) is 0 Å². The maximum Gasteiger partial charge on any atom is 0.340 e. The quantitative estimate of drug-likeness (QED) is 0.548. The van der Waals surface area contributed by atoms with Gasteiger partial charge in [-0.1, -0.05) is 54.6 Å². The van der Waals surface area contributed by atoms with E-state index in [1.807, 2.05) is 12.1 Å². The van der Waals surface area contributed by atoms with E-state index in [9.17, 15) is 4.79 Å². The Morgan fingerprint density at radius 1 is 1.03 bits per heavy atom. The Kier molecular flexibility index (Phi) is 6.99. The number of aromatic amines is 2. The Bertz CT molecular complexity index is 986. The number of benzene rings is 2. The minimum Gasteiger partial charge on any atom is -0.381 e. The molecule has 4 rings (SSSR count). The lowest BCUT2D eigenvalue weighted by molar-refractivity contribution is -0.00232. The Hall–Kier alpha value is -2.70. The van der Waals surface area contributed by atoms with Crippen LogP contribution in [0.1, 0.15) is 37.3 Å². The normalized spacial score (nSPS) is 16.4. The molecule has 31 heavy (non-hydrogen) atoms. The minimum atomic E-state index is -0.282. The SMILES string of the molecule is CCOCC1(CCc2ccccc2)CCN(Cc2ccc(-c3n[nH]c(=O)[nH]3)cc2)CC1. The van der Waals surface area contributed by atoms with E-state index in [1.165, 1.54) is 30.4 Å². The molecule has 1 saturated heterocycles. The zero-order chi connectivity index (χ0) is 21.5. The number of hydrogen-bond donors (Lipinski definition) is 2. The predicted molar refractivity (Wildman–Crippen MR) is 123 cm³/mol. The molecule has 0 unspecified atom stereocenters. The van der Waals surface area contributed by atoms with Crippen molar-refractivity contribution in [1.82, 2.24) is 20.1 Å². The fourth-order valence-corrected chi connectivity index (χ4v) is 4.46. The van der Waals surface area contributed by atoms with E-state index in [0.29, 0.717) is 5.82 Å². The number of hydrogen-bond acceptors (Lipinski definition) is 4. The first-order chi connectivity index (χ1) is 15.2. The average Bonchev–Trinajstić information content (AvgIpc) is 3.25. The summed E-state index contributed by atoms with van der Waals surface area (Å²) in [5.74, 6) is 0.577. The topological polar surface area (TPSA) is 74.0 Å². The average molecular weight is 421 g/mol. The van der Waals surface area contributed by atoms with Gasteiger partial charge in [0.15, 0.2) is 5.82 Å². The lowest BCUT2D eigenvalue weighted by atomic mass is 9.74. The van der Waals surface area contributed by atoms with Crippen LogP contribution in [0.2, 0.25) is 0 Å². The largest absolute Gasteiger partial charge is 0.381 e. The highest BCUT2D eigenvalue weighted by molar-refractivity contribution is 5.54. The van der Waals surface area contributed by atoms with E-state index in [0.717, 1.165) is 44.8 Å². The Morgan fingerprint density at radius 3 is 2.42 bits per heavy atom. The third-order valence-electron chi connectivity index (χ3n) is 6.45. The second-order valence-corrected chi connectivity index (χ2v) is 8.62. The van der Waals surface area contributed by atoms with Crippen LogP contribution in [0.3, 0.4) is 0 Å². The number of H-pyrrole nitrogens is 2. The summed E-state index contributed by atoms with van der Waals surface area (Å²) in [4.78, 5) is 16.5. The lowest BCUT2D eigenvalue weighted by Crippen LogP contribution is -2.42. The van der Waals surface area contributed by atoms with E-state index in [4.69, 9.17) is 4.74 Å². The molecule has 1 aromatic heterocycles. The number of aromatic nitrogens is 3. The second-order valence-electron chi connectivity index (χ2n) is 8.62. The van der Waals surface area contributed by atoms with Gasteiger partial charge in [0.25, 0.3) is 0 Å². The summed E-state index contributed by atoms with van der Waals surface area (Å²) in [6, 6.07) is 19.1. The molecular formula is C25H32N4O2. The van der Waals surface area contributed by atoms with Crippen LogP contribution in [-0.4, -0.2) is 46.4 Å². The molecule has 2 aromatic carbocycles. The van der Waals surface area contributed by atoms with Crippen LogP contribution in [0.25, 0.3) is 11.4 Å². The summed E-state index contributed by atoms with van der Waals surface area (Å²) in [6.45, 7) is 6.86. The first-order valence-electron chi connectivity index (χ1n) is 11.2. The van der Waals surface area contributed by atoms with E-state index < -0.39 is 0 Å². The number of ether oxygens (including phenoxy) is 1. The maximum absolute atomic E-state index is 11.2. The number of aryl methyl sites for hydroxylation is 1. The van der Waals surface area contributed by atoms with Gasteiger partial charge >= 0.3 is 5.69 Å². The first-order valence-corrected chi connectivity index (χ1v) is 11.2. The van der Waals surface area contributed by atoms with Crippen LogP contribution in [0.15, 0.2) is 59.4 Å². The van der Waals surface area contributed by atoms with E-state index >= 15 is 0 Å². The molecule has 1 aliphatic rings. The molecule has 0 amide bonds. The van der Waals surface area contributed by atoms with Crippen LogP contribution < -0.4 is 5.69 Å². The third-order valence-corrected chi connectivity index (χ3v) is 6.45. The first kappa shape index (κ1) is 21.5. The molecule has 0 atom stereocenters. The van der Waals surface area contributed by atoms with Gasteiger partial charge in [0.05, 0.1) is 6.61 Å². The van der Waals surface area contributed by atoms with E-state index in [-0.39, 0.29) is 11.1 Å². The minimum absolute atomic E-state index is 0.276. The molecule has 6 heteroatoms. The number of likely N-dealkylation sites (tertiary alicyclic amines) is 1. The number of nitrogens with zero attached hydrogens (tertiary/aromatic N) is 2. The van der Waals surface area contributed by atoms with Crippen LogP contribution in [0.4, 0.5) is 0 Å². The van der Waals surface area contributed by atoms with Gasteiger partial charge < -0.3 is 4.74 Å². The molecule has 0 spiro atoms. The Balaban J connectivity index is 1.33. The summed E-state index contributed by atoms with van der Waals surface area (Å²) in [5.41, 5.74) is 3.60. The van der Waals surface area contributed by atoms with Gasteiger partial charge in [-0.25, -0.2) is 9.89 Å². The monoisotopic (exact) mass is 420 g/mol. The zero-order valence-corrected chi connectivity index (χ0v) is 18.3. The smallest absolute Gasteiger partial charge is 0.340 e. The molecule has 0 saturated carbocycles. The van der Waals surface area contributed by atoms with Gasteiger partial charge in [0, 0.05) is 18.7 Å².